The van der Waals surface area contributed by atoms with Crippen LogP contribution in [0, 0.1) is 17.1 Å². The average molecular weight is 179 g/mol. The highest BCUT2D eigenvalue weighted by Gasteiger charge is 2.00. The van der Waals surface area contributed by atoms with Crippen molar-refractivity contribution in [2.45, 2.75) is 13.8 Å². The molecule has 0 saturated carbocycles. The molecule has 0 N–H and O–H groups in total. The normalized spacial score (nSPS) is 7.85. The Morgan fingerprint density at radius 3 is 2.46 bits per heavy atom. The largest absolute Gasteiger partial charge is 0.298 e. The van der Waals surface area contributed by atoms with Crippen LogP contribution in [0.1, 0.15) is 29.8 Å². The third kappa shape index (κ3) is 3.04. The van der Waals surface area contributed by atoms with Gasteiger partial charge in [-0.25, -0.2) is 4.39 Å². The first-order valence-electron chi connectivity index (χ1n) is 3.93. The Bertz CT molecular complexity index is 328. The van der Waals surface area contributed by atoms with Gasteiger partial charge in [-0.3, -0.25) is 4.79 Å². The van der Waals surface area contributed by atoms with Gasteiger partial charge in [0.2, 0.25) is 0 Å². The van der Waals surface area contributed by atoms with E-state index < -0.39 is 5.82 Å². The van der Waals surface area contributed by atoms with Gasteiger partial charge in [-0.2, -0.15) is 5.26 Å². The molecule has 3 heteroatoms. The van der Waals surface area contributed by atoms with E-state index in [9.17, 15) is 9.18 Å². The van der Waals surface area contributed by atoms with Crippen molar-refractivity contribution in [1.29, 1.82) is 5.26 Å². The maximum Gasteiger partial charge on any atom is 0.150 e. The molecule has 0 saturated heterocycles. The topological polar surface area (TPSA) is 40.9 Å². The molecule has 0 aliphatic rings. The molecule has 0 fully saturated rings. The third-order valence-corrected chi connectivity index (χ3v) is 1.25. The van der Waals surface area contributed by atoms with E-state index in [-0.39, 0.29) is 11.1 Å². The number of rotatable bonds is 1. The first kappa shape index (κ1) is 11.3. The van der Waals surface area contributed by atoms with E-state index in [1.807, 2.05) is 13.8 Å². The van der Waals surface area contributed by atoms with Crippen LogP contribution in [0.15, 0.2) is 18.2 Å². The molecular formula is C10H10FNO. The summed E-state index contributed by atoms with van der Waals surface area (Å²) in [4.78, 5) is 10.1. The van der Waals surface area contributed by atoms with Crippen LogP contribution in [0.4, 0.5) is 4.39 Å². The van der Waals surface area contributed by atoms with Crippen molar-refractivity contribution >= 4 is 6.29 Å². The summed E-state index contributed by atoms with van der Waals surface area (Å²) in [6.45, 7) is 4.00. The Kier molecular flexibility index (Phi) is 5.13. The van der Waals surface area contributed by atoms with Crippen LogP contribution in [0.2, 0.25) is 0 Å². The molecule has 0 bridgehead atoms. The predicted molar refractivity (Wildman–Crippen MR) is 47.9 cm³/mol. The highest BCUT2D eigenvalue weighted by atomic mass is 19.1. The van der Waals surface area contributed by atoms with Gasteiger partial charge in [-0.15, -0.1) is 0 Å². The summed E-state index contributed by atoms with van der Waals surface area (Å²) in [5.74, 6) is -0.655. The van der Waals surface area contributed by atoms with Crippen molar-refractivity contribution in [3.8, 4) is 6.07 Å². The second-order valence-electron chi connectivity index (χ2n) is 1.97. The van der Waals surface area contributed by atoms with Crippen molar-refractivity contribution in [1.82, 2.24) is 0 Å². The van der Waals surface area contributed by atoms with Crippen molar-refractivity contribution in [2.75, 3.05) is 0 Å². The van der Waals surface area contributed by atoms with Crippen LogP contribution >= 0.6 is 0 Å². The van der Waals surface area contributed by atoms with Crippen LogP contribution in [-0.2, 0) is 0 Å². The molecule has 1 aromatic carbocycles. The number of aldehydes is 1. The first-order valence-corrected chi connectivity index (χ1v) is 3.93. The number of hydrogen-bond acceptors (Lipinski definition) is 2. The van der Waals surface area contributed by atoms with Gasteiger partial charge in [0.25, 0.3) is 0 Å². The fourth-order valence-electron chi connectivity index (χ4n) is 0.695. The average Bonchev–Trinajstić information content (AvgIpc) is 2.20. The molecule has 2 nitrogen and oxygen atoms in total. The van der Waals surface area contributed by atoms with E-state index >= 15 is 0 Å². The van der Waals surface area contributed by atoms with Crippen LogP contribution in [0.5, 0.6) is 0 Å². The molecule has 0 amide bonds. The van der Waals surface area contributed by atoms with Crippen molar-refractivity contribution in [3.63, 3.8) is 0 Å². The lowest BCUT2D eigenvalue weighted by molar-refractivity contribution is 0.112. The molecule has 0 aliphatic carbocycles. The maximum atomic E-state index is 12.7. The minimum absolute atomic E-state index is 0.0457. The number of nitrogens with zero attached hydrogens (tertiary/aromatic N) is 1. The van der Waals surface area contributed by atoms with Crippen molar-refractivity contribution < 1.29 is 9.18 Å². The quantitative estimate of drug-likeness (QED) is 0.621. The minimum Gasteiger partial charge on any atom is -0.298 e. The zero-order valence-corrected chi connectivity index (χ0v) is 7.54. The highest BCUT2D eigenvalue weighted by molar-refractivity contribution is 5.74. The van der Waals surface area contributed by atoms with Gasteiger partial charge in [0.1, 0.15) is 18.2 Å². The zero-order chi connectivity index (χ0) is 10.3. The van der Waals surface area contributed by atoms with Gasteiger partial charge in [0.15, 0.2) is 0 Å². The monoisotopic (exact) mass is 179 g/mol. The molecular weight excluding hydrogens is 169 g/mol. The van der Waals surface area contributed by atoms with E-state index in [2.05, 4.69) is 0 Å². The summed E-state index contributed by atoms with van der Waals surface area (Å²) in [6, 6.07) is 5.36. The van der Waals surface area contributed by atoms with E-state index in [1.165, 1.54) is 12.1 Å². The second kappa shape index (κ2) is 5.90. The Balaban J connectivity index is 0.000000671. The lowest BCUT2D eigenvalue weighted by Crippen LogP contribution is -1.86. The minimum atomic E-state index is -0.655. The summed E-state index contributed by atoms with van der Waals surface area (Å²) >= 11 is 0. The van der Waals surface area contributed by atoms with Crippen LogP contribution in [0.3, 0.4) is 0 Å². The number of nitriles is 1. The molecule has 0 aromatic heterocycles. The van der Waals surface area contributed by atoms with Crippen molar-refractivity contribution in [2.24, 2.45) is 0 Å². The molecule has 1 aromatic rings. The lowest BCUT2D eigenvalue weighted by Gasteiger charge is -1.92. The number of hydrogen-bond donors (Lipinski definition) is 0. The van der Waals surface area contributed by atoms with E-state index in [0.29, 0.717) is 6.29 Å². The van der Waals surface area contributed by atoms with Gasteiger partial charge in [0, 0.05) is 5.56 Å². The van der Waals surface area contributed by atoms with Gasteiger partial charge >= 0.3 is 0 Å². The SMILES string of the molecule is CC.N#Cc1ccc(C=O)cc1F. The smallest absolute Gasteiger partial charge is 0.150 e. The molecule has 0 radical (unpaired) electrons. The molecule has 13 heavy (non-hydrogen) atoms. The molecule has 0 heterocycles. The second-order valence-corrected chi connectivity index (χ2v) is 1.97. The fourth-order valence-corrected chi connectivity index (χ4v) is 0.695. The maximum absolute atomic E-state index is 12.7. The van der Waals surface area contributed by atoms with Crippen molar-refractivity contribution in [3.05, 3.63) is 35.1 Å². The van der Waals surface area contributed by atoms with E-state index in [0.717, 1.165) is 6.07 Å². The first-order chi connectivity index (χ1) is 6.27. The fraction of sp³-hybridized carbons (Fsp3) is 0.200. The summed E-state index contributed by atoms with van der Waals surface area (Å²) in [5.41, 5.74) is 0.192. The third-order valence-electron chi connectivity index (χ3n) is 1.25. The standard InChI is InChI=1S/C8H4FNO.C2H6/c9-8-3-6(5-11)1-2-7(8)4-10;1-2/h1-3,5H;1-2H3. The number of carbonyl (C=O) groups is 1. The van der Waals surface area contributed by atoms with Gasteiger partial charge in [-0.1, -0.05) is 19.9 Å². The predicted octanol–water partition coefficient (Wildman–Crippen LogP) is 2.54. The highest BCUT2D eigenvalue weighted by Crippen LogP contribution is 2.07. The molecule has 0 atom stereocenters. The van der Waals surface area contributed by atoms with Crippen LogP contribution < -0.4 is 0 Å². The van der Waals surface area contributed by atoms with Crippen LogP contribution in [-0.4, -0.2) is 6.29 Å². The summed E-state index contributed by atoms with van der Waals surface area (Å²) < 4.78 is 12.7. The number of benzene rings is 1. The number of halogens is 1. The van der Waals surface area contributed by atoms with E-state index in [1.54, 1.807) is 6.07 Å². The molecule has 68 valence electrons. The van der Waals surface area contributed by atoms with Gasteiger partial charge in [-0.05, 0) is 12.1 Å². The number of carbonyl (C=O) groups excluding carboxylic acids is 1. The Morgan fingerprint density at radius 2 is 2.08 bits per heavy atom. The summed E-state index contributed by atoms with van der Waals surface area (Å²) in [5, 5.41) is 8.30. The molecule has 0 spiro atoms. The summed E-state index contributed by atoms with van der Waals surface area (Å²) in [7, 11) is 0. The lowest BCUT2D eigenvalue weighted by atomic mass is 10.1. The molecule has 1 rings (SSSR count). The Morgan fingerprint density at radius 1 is 1.46 bits per heavy atom. The molecule has 0 aliphatic heterocycles. The van der Waals surface area contributed by atoms with E-state index in [4.69, 9.17) is 5.26 Å². The Hall–Kier alpha value is -1.69. The summed E-state index contributed by atoms with van der Waals surface area (Å²) in [6.07, 6.45) is 0.532. The Labute approximate surface area is 76.6 Å². The van der Waals surface area contributed by atoms with Crippen LogP contribution in [0.25, 0.3) is 0 Å². The van der Waals surface area contributed by atoms with Gasteiger partial charge in [0.05, 0.1) is 5.56 Å². The zero-order valence-electron chi connectivity index (χ0n) is 7.54. The molecule has 0 unspecified atom stereocenters. The van der Waals surface area contributed by atoms with Gasteiger partial charge < -0.3 is 0 Å².